The number of carbonyl (C=O) groups is 1. The van der Waals surface area contributed by atoms with E-state index in [0.29, 0.717) is 31.7 Å². The monoisotopic (exact) mass is 454 g/mol. The molecular formula is C19H13Cl3N2O3S. The lowest BCUT2D eigenvalue weighted by atomic mass is 10.3. The normalized spacial score (nSPS) is 11.0. The molecule has 0 atom stereocenters. The molecule has 1 heterocycles. The van der Waals surface area contributed by atoms with Crippen LogP contribution in [-0.4, -0.2) is 18.7 Å². The molecule has 0 radical (unpaired) electrons. The molecule has 0 fully saturated rings. The first kappa shape index (κ1) is 20.6. The molecule has 1 N–H and O–H groups in total. The van der Waals surface area contributed by atoms with Crippen molar-refractivity contribution in [2.24, 2.45) is 5.10 Å². The lowest BCUT2D eigenvalue weighted by molar-refractivity contribution is -0.123. The summed E-state index contributed by atoms with van der Waals surface area (Å²) >= 11 is 19.1. The standard InChI is InChI=1S/C19H13Cl3N2O3S/c20-12-1-5-15(6-2-12)28-19-8-4-14(27-19)10-23-24-18(25)11-26-17-7-3-13(21)9-16(17)22/h1-10H,11H2,(H,24,25)/b23-10-. The first-order chi connectivity index (χ1) is 13.5. The molecule has 0 saturated carbocycles. The van der Waals surface area contributed by atoms with Gasteiger partial charge < -0.3 is 9.15 Å². The van der Waals surface area contributed by atoms with E-state index < -0.39 is 5.91 Å². The van der Waals surface area contributed by atoms with Crippen LogP contribution in [0, 0.1) is 0 Å². The zero-order valence-electron chi connectivity index (χ0n) is 14.2. The number of halogens is 3. The van der Waals surface area contributed by atoms with Gasteiger partial charge in [0.25, 0.3) is 5.91 Å². The van der Waals surface area contributed by atoms with Crippen LogP contribution in [0.1, 0.15) is 5.76 Å². The summed E-state index contributed by atoms with van der Waals surface area (Å²) in [5.41, 5.74) is 2.35. The summed E-state index contributed by atoms with van der Waals surface area (Å²) in [6.45, 7) is -0.242. The van der Waals surface area contributed by atoms with Gasteiger partial charge in [0.05, 0.1) is 11.2 Å². The van der Waals surface area contributed by atoms with Gasteiger partial charge in [-0.05, 0) is 54.6 Å². The van der Waals surface area contributed by atoms with Gasteiger partial charge in [-0.25, -0.2) is 5.43 Å². The zero-order chi connectivity index (χ0) is 19.9. The van der Waals surface area contributed by atoms with E-state index in [2.05, 4.69) is 10.5 Å². The maximum Gasteiger partial charge on any atom is 0.277 e. The van der Waals surface area contributed by atoms with Gasteiger partial charge in [-0.3, -0.25) is 4.79 Å². The molecule has 3 rings (SSSR count). The van der Waals surface area contributed by atoms with E-state index in [-0.39, 0.29) is 6.61 Å². The highest BCUT2D eigenvalue weighted by atomic mass is 35.5. The molecule has 0 unspecified atom stereocenters. The van der Waals surface area contributed by atoms with Gasteiger partial charge in [0, 0.05) is 14.9 Å². The van der Waals surface area contributed by atoms with Crippen LogP contribution in [-0.2, 0) is 4.79 Å². The van der Waals surface area contributed by atoms with E-state index in [9.17, 15) is 4.79 Å². The Labute approximate surface area is 180 Å². The Bertz CT molecular complexity index is 990. The second kappa shape index (κ2) is 9.89. The minimum absolute atomic E-state index is 0.242. The molecule has 9 heteroatoms. The van der Waals surface area contributed by atoms with Crippen molar-refractivity contribution < 1.29 is 13.9 Å². The number of hydrogen-bond donors (Lipinski definition) is 1. The molecule has 5 nitrogen and oxygen atoms in total. The predicted molar refractivity (Wildman–Crippen MR) is 112 cm³/mol. The van der Waals surface area contributed by atoms with Crippen LogP contribution >= 0.6 is 46.6 Å². The highest BCUT2D eigenvalue weighted by molar-refractivity contribution is 7.99. The maximum atomic E-state index is 11.8. The minimum atomic E-state index is -0.440. The van der Waals surface area contributed by atoms with Crippen LogP contribution in [0.4, 0.5) is 0 Å². The number of nitrogens with zero attached hydrogens (tertiary/aromatic N) is 1. The van der Waals surface area contributed by atoms with Crippen molar-refractivity contribution in [3.8, 4) is 5.75 Å². The zero-order valence-corrected chi connectivity index (χ0v) is 17.3. The van der Waals surface area contributed by atoms with Crippen LogP contribution in [0.3, 0.4) is 0 Å². The number of rotatable bonds is 7. The molecule has 0 saturated heterocycles. The Morgan fingerprint density at radius 1 is 1.07 bits per heavy atom. The number of benzene rings is 2. The number of ether oxygens (including phenoxy) is 1. The van der Waals surface area contributed by atoms with Gasteiger partial charge in [-0.1, -0.05) is 46.6 Å². The largest absolute Gasteiger partial charge is 0.482 e. The van der Waals surface area contributed by atoms with E-state index in [4.69, 9.17) is 44.0 Å². The summed E-state index contributed by atoms with van der Waals surface area (Å²) in [6.07, 6.45) is 1.40. The van der Waals surface area contributed by atoms with Crippen molar-refractivity contribution in [2.45, 2.75) is 9.99 Å². The molecule has 144 valence electrons. The summed E-state index contributed by atoms with van der Waals surface area (Å²) in [5.74, 6) is 0.420. The van der Waals surface area contributed by atoms with Crippen molar-refractivity contribution >= 4 is 58.7 Å². The number of nitrogens with one attached hydrogen (secondary N) is 1. The SMILES string of the molecule is O=C(COc1ccc(Cl)cc1Cl)N/N=C\c1ccc(Sc2ccc(Cl)cc2)o1. The fraction of sp³-hybridized carbons (Fsp3) is 0.0526. The Balaban J connectivity index is 1.47. The molecule has 1 amide bonds. The topological polar surface area (TPSA) is 63.8 Å². The van der Waals surface area contributed by atoms with E-state index in [1.54, 1.807) is 18.2 Å². The summed E-state index contributed by atoms with van der Waals surface area (Å²) in [7, 11) is 0. The third kappa shape index (κ3) is 6.21. The molecule has 0 spiro atoms. The number of amides is 1. The number of carbonyl (C=O) groups excluding carboxylic acids is 1. The molecule has 2 aromatic carbocycles. The number of hydrazone groups is 1. The molecule has 0 aliphatic rings. The van der Waals surface area contributed by atoms with Gasteiger partial charge in [0.15, 0.2) is 11.7 Å². The predicted octanol–water partition coefficient (Wildman–Crippen LogP) is 5.92. The maximum absolute atomic E-state index is 11.8. The van der Waals surface area contributed by atoms with Gasteiger partial charge in [-0.15, -0.1) is 0 Å². The van der Waals surface area contributed by atoms with Crippen molar-refractivity contribution in [3.05, 3.63) is 75.4 Å². The highest BCUT2D eigenvalue weighted by Crippen LogP contribution is 2.30. The Kier molecular flexibility index (Phi) is 7.28. The summed E-state index contributed by atoms with van der Waals surface area (Å²) in [5, 5.41) is 6.02. The molecule has 0 bridgehead atoms. The van der Waals surface area contributed by atoms with E-state index in [0.717, 1.165) is 4.90 Å². The van der Waals surface area contributed by atoms with Gasteiger partial charge in [-0.2, -0.15) is 5.10 Å². The number of furan rings is 1. The molecule has 0 aliphatic heterocycles. The summed E-state index contributed by atoms with van der Waals surface area (Å²) in [6, 6.07) is 15.7. The minimum Gasteiger partial charge on any atom is -0.482 e. The smallest absolute Gasteiger partial charge is 0.277 e. The van der Waals surface area contributed by atoms with Gasteiger partial charge in [0.2, 0.25) is 0 Å². The Hall–Kier alpha value is -2.12. The van der Waals surface area contributed by atoms with Crippen LogP contribution in [0.5, 0.6) is 5.75 Å². The van der Waals surface area contributed by atoms with E-state index in [1.807, 2.05) is 30.3 Å². The van der Waals surface area contributed by atoms with E-state index in [1.165, 1.54) is 24.0 Å². The van der Waals surface area contributed by atoms with Crippen molar-refractivity contribution in [2.75, 3.05) is 6.61 Å². The summed E-state index contributed by atoms with van der Waals surface area (Å²) < 4.78 is 10.9. The quantitative estimate of drug-likeness (QED) is 0.355. The van der Waals surface area contributed by atoms with Crippen molar-refractivity contribution in [3.63, 3.8) is 0 Å². The third-order valence-corrected chi connectivity index (χ3v) is 4.98. The fourth-order valence-corrected chi connectivity index (χ4v) is 3.38. The van der Waals surface area contributed by atoms with Crippen LogP contribution < -0.4 is 10.2 Å². The van der Waals surface area contributed by atoms with Crippen LogP contribution in [0.15, 0.2) is 74.1 Å². The molecular weight excluding hydrogens is 443 g/mol. The molecule has 3 aromatic rings. The lowest BCUT2D eigenvalue weighted by Crippen LogP contribution is -2.24. The molecule has 28 heavy (non-hydrogen) atoms. The fourth-order valence-electron chi connectivity index (χ4n) is 2.01. The lowest BCUT2D eigenvalue weighted by Gasteiger charge is -2.06. The van der Waals surface area contributed by atoms with Crippen molar-refractivity contribution in [1.82, 2.24) is 5.43 Å². The second-order valence-electron chi connectivity index (χ2n) is 5.37. The average Bonchev–Trinajstić information content (AvgIpc) is 3.10. The van der Waals surface area contributed by atoms with Gasteiger partial charge in [0.1, 0.15) is 11.5 Å². The first-order valence-corrected chi connectivity index (χ1v) is 9.87. The Morgan fingerprint density at radius 2 is 1.82 bits per heavy atom. The second-order valence-corrected chi connectivity index (χ2v) is 7.73. The summed E-state index contributed by atoms with van der Waals surface area (Å²) in [4.78, 5) is 12.8. The van der Waals surface area contributed by atoms with Gasteiger partial charge >= 0.3 is 0 Å². The highest BCUT2D eigenvalue weighted by Gasteiger charge is 2.06. The number of hydrogen-bond acceptors (Lipinski definition) is 5. The Morgan fingerprint density at radius 3 is 2.57 bits per heavy atom. The first-order valence-electron chi connectivity index (χ1n) is 7.92. The van der Waals surface area contributed by atoms with Crippen LogP contribution in [0.25, 0.3) is 0 Å². The molecule has 1 aromatic heterocycles. The van der Waals surface area contributed by atoms with E-state index >= 15 is 0 Å². The average molecular weight is 456 g/mol. The van der Waals surface area contributed by atoms with Crippen LogP contribution in [0.2, 0.25) is 15.1 Å². The van der Waals surface area contributed by atoms with Crippen molar-refractivity contribution in [1.29, 1.82) is 0 Å². The third-order valence-electron chi connectivity index (χ3n) is 3.27. The molecule has 0 aliphatic carbocycles.